The Labute approximate surface area is 112 Å². The van der Waals surface area contributed by atoms with E-state index in [9.17, 15) is 4.79 Å². The van der Waals surface area contributed by atoms with Crippen molar-refractivity contribution >= 4 is 5.91 Å². The van der Waals surface area contributed by atoms with Crippen LogP contribution >= 0.6 is 0 Å². The van der Waals surface area contributed by atoms with Crippen LogP contribution in [-0.2, 0) is 9.53 Å². The van der Waals surface area contributed by atoms with Crippen molar-refractivity contribution in [2.45, 2.75) is 50.9 Å². The molecule has 1 aromatic rings. The van der Waals surface area contributed by atoms with E-state index >= 15 is 0 Å². The number of nitrogens with zero attached hydrogens (tertiary/aromatic N) is 4. The number of hydrogen-bond donors (Lipinski definition) is 0. The summed E-state index contributed by atoms with van der Waals surface area (Å²) >= 11 is 0. The van der Waals surface area contributed by atoms with Crippen LogP contribution in [0.4, 0.5) is 0 Å². The van der Waals surface area contributed by atoms with E-state index in [0.29, 0.717) is 6.04 Å². The molecule has 104 valence electrons. The van der Waals surface area contributed by atoms with Gasteiger partial charge in [0.15, 0.2) is 0 Å². The third-order valence-corrected chi connectivity index (χ3v) is 4.10. The van der Waals surface area contributed by atoms with Gasteiger partial charge in [-0.25, -0.2) is 4.68 Å². The highest BCUT2D eigenvalue weighted by molar-refractivity contribution is 5.81. The molecule has 2 atom stereocenters. The summed E-state index contributed by atoms with van der Waals surface area (Å²) in [4.78, 5) is 14.2. The van der Waals surface area contributed by atoms with Crippen LogP contribution in [-0.4, -0.2) is 51.1 Å². The van der Waals surface area contributed by atoms with Gasteiger partial charge in [0.2, 0.25) is 0 Å². The van der Waals surface area contributed by atoms with Gasteiger partial charge in [-0.1, -0.05) is 5.21 Å². The first-order valence-corrected chi connectivity index (χ1v) is 7.04. The highest BCUT2D eigenvalue weighted by Gasteiger charge is 2.33. The smallest absolute Gasteiger partial charge is 0.251 e. The van der Waals surface area contributed by atoms with E-state index < -0.39 is 0 Å². The molecule has 6 heteroatoms. The van der Waals surface area contributed by atoms with Crippen molar-refractivity contribution in [1.82, 2.24) is 19.9 Å². The van der Waals surface area contributed by atoms with E-state index in [2.05, 4.69) is 10.3 Å². The van der Waals surface area contributed by atoms with Gasteiger partial charge < -0.3 is 9.64 Å². The molecule has 3 heterocycles. The summed E-state index contributed by atoms with van der Waals surface area (Å²) in [6.45, 7) is 3.61. The number of carbonyl (C=O) groups is 1. The molecule has 0 aromatic carbocycles. The molecule has 0 saturated carbocycles. The van der Waals surface area contributed by atoms with Gasteiger partial charge in [0, 0.05) is 19.3 Å². The molecule has 0 bridgehead atoms. The topological polar surface area (TPSA) is 60.2 Å². The second-order valence-corrected chi connectivity index (χ2v) is 5.45. The third-order valence-electron chi connectivity index (χ3n) is 4.10. The zero-order valence-electron chi connectivity index (χ0n) is 11.2. The van der Waals surface area contributed by atoms with E-state index in [4.69, 9.17) is 4.74 Å². The Bertz CT molecular complexity index is 426. The van der Waals surface area contributed by atoms with E-state index in [-0.39, 0.29) is 18.1 Å². The van der Waals surface area contributed by atoms with Gasteiger partial charge in [0.25, 0.3) is 5.91 Å². The molecule has 2 aliphatic rings. The van der Waals surface area contributed by atoms with Gasteiger partial charge in [-0.05, 0) is 32.6 Å². The monoisotopic (exact) mass is 264 g/mol. The fourth-order valence-electron chi connectivity index (χ4n) is 2.95. The van der Waals surface area contributed by atoms with Crippen LogP contribution in [0, 0.1) is 0 Å². The number of likely N-dealkylation sites (tertiary alicyclic amines) is 1. The fourth-order valence-corrected chi connectivity index (χ4v) is 2.95. The van der Waals surface area contributed by atoms with Crippen LogP contribution in [0.2, 0.25) is 0 Å². The third kappa shape index (κ3) is 2.63. The van der Waals surface area contributed by atoms with Crippen molar-refractivity contribution in [3.8, 4) is 0 Å². The highest BCUT2D eigenvalue weighted by Crippen LogP contribution is 2.25. The van der Waals surface area contributed by atoms with E-state index in [1.54, 1.807) is 6.20 Å². The summed E-state index contributed by atoms with van der Waals surface area (Å²) in [6.07, 6.45) is 7.35. The number of rotatable bonds is 2. The molecule has 3 rings (SSSR count). The van der Waals surface area contributed by atoms with Crippen molar-refractivity contribution in [2.75, 3.05) is 13.1 Å². The van der Waals surface area contributed by atoms with Crippen LogP contribution in [0.25, 0.3) is 0 Å². The Morgan fingerprint density at radius 2 is 2.05 bits per heavy atom. The number of piperidine rings is 1. The Hall–Kier alpha value is -1.43. The molecule has 1 aromatic heterocycles. The van der Waals surface area contributed by atoms with Crippen LogP contribution in [0.5, 0.6) is 0 Å². The molecule has 1 amide bonds. The molecule has 0 N–H and O–H groups in total. The molecular weight excluding hydrogens is 244 g/mol. The van der Waals surface area contributed by atoms with Gasteiger partial charge in [-0.3, -0.25) is 4.79 Å². The Balaban J connectivity index is 1.54. The lowest BCUT2D eigenvalue weighted by atomic mass is 10.0. The minimum atomic E-state index is -0.210. The summed E-state index contributed by atoms with van der Waals surface area (Å²) < 4.78 is 7.56. The normalized spacial score (nSPS) is 28.8. The second kappa shape index (κ2) is 5.28. The lowest BCUT2D eigenvalue weighted by Gasteiger charge is -2.33. The maximum absolute atomic E-state index is 12.3. The fraction of sp³-hybridized carbons (Fsp3) is 0.769. The molecular formula is C13H20N4O2. The Morgan fingerprint density at radius 1 is 1.26 bits per heavy atom. The zero-order chi connectivity index (χ0) is 13.2. The molecule has 0 unspecified atom stereocenters. The molecule has 2 fully saturated rings. The molecule has 0 radical (unpaired) electrons. The maximum Gasteiger partial charge on any atom is 0.251 e. The van der Waals surface area contributed by atoms with Crippen molar-refractivity contribution < 1.29 is 9.53 Å². The minimum Gasteiger partial charge on any atom is -0.365 e. The van der Waals surface area contributed by atoms with Gasteiger partial charge in [0.05, 0.1) is 18.3 Å². The number of ether oxygens (including phenoxy) is 1. The first kappa shape index (κ1) is 12.6. The SMILES string of the molecule is C[C@H]1CC[C@@H](C(=O)N2CCC(n3ccnn3)CC2)O1. The van der Waals surface area contributed by atoms with Crippen molar-refractivity contribution in [3.05, 3.63) is 12.4 Å². The number of hydrogen-bond acceptors (Lipinski definition) is 4. The van der Waals surface area contributed by atoms with E-state index in [0.717, 1.165) is 38.8 Å². The average Bonchev–Trinajstić information content (AvgIpc) is 3.09. The standard InChI is InChI=1S/C13H20N4O2/c1-10-2-3-12(19-10)13(18)16-7-4-11(5-8-16)17-9-6-14-15-17/h6,9-12H,2-5,7-8H2,1H3/t10-,12-/m0/s1. The van der Waals surface area contributed by atoms with Crippen LogP contribution in [0.3, 0.4) is 0 Å². The van der Waals surface area contributed by atoms with Gasteiger partial charge in [-0.15, -0.1) is 5.10 Å². The molecule has 0 aliphatic carbocycles. The molecule has 6 nitrogen and oxygen atoms in total. The average molecular weight is 264 g/mol. The predicted molar refractivity (Wildman–Crippen MR) is 68.4 cm³/mol. The summed E-state index contributed by atoms with van der Waals surface area (Å²) in [5.74, 6) is 0.168. The first-order valence-electron chi connectivity index (χ1n) is 7.04. The summed E-state index contributed by atoms with van der Waals surface area (Å²) in [5.41, 5.74) is 0. The van der Waals surface area contributed by atoms with Crippen LogP contribution in [0.1, 0.15) is 38.6 Å². The molecule has 19 heavy (non-hydrogen) atoms. The molecule has 2 aliphatic heterocycles. The Morgan fingerprint density at radius 3 is 2.63 bits per heavy atom. The maximum atomic E-state index is 12.3. The van der Waals surface area contributed by atoms with Crippen molar-refractivity contribution in [2.24, 2.45) is 0 Å². The summed E-state index contributed by atoms with van der Waals surface area (Å²) in [7, 11) is 0. The van der Waals surface area contributed by atoms with Gasteiger partial charge in [0.1, 0.15) is 6.10 Å². The van der Waals surface area contributed by atoms with Gasteiger partial charge in [-0.2, -0.15) is 0 Å². The van der Waals surface area contributed by atoms with Crippen LogP contribution < -0.4 is 0 Å². The van der Waals surface area contributed by atoms with Crippen molar-refractivity contribution in [1.29, 1.82) is 0 Å². The molecule has 2 saturated heterocycles. The minimum absolute atomic E-state index is 0.168. The number of aromatic nitrogens is 3. The highest BCUT2D eigenvalue weighted by atomic mass is 16.5. The first-order chi connectivity index (χ1) is 9.24. The number of carbonyl (C=O) groups excluding carboxylic acids is 1. The lowest BCUT2D eigenvalue weighted by molar-refractivity contribution is -0.144. The zero-order valence-corrected chi connectivity index (χ0v) is 11.2. The molecule has 0 spiro atoms. The summed E-state index contributed by atoms with van der Waals surface area (Å²) in [6, 6.07) is 0.370. The number of amides is 1. The predicted octanol–water partition coefficient (Wildman–Crippen LogP) is 1.01. The quantitative estimate of drug-likeness (QED) is 0.800. The van der Waals surface area contributed by atoms with Gasteiger partial charge >= 0.3 is 0 Å². The van der Waals surface area contributed by atoms with E-state index in [1.165, 1.54) is 0 Å². The van der Waals surface area contributed by atoms with E-state index in [1.807, 2.05) is 22.7 Å². The Kier molecular flexibility index (Phi) is 3.50. The summed E-state index contributed by atoms with van der Waals surface area (Å²) in [5, 5.41) is 7.87. The van der Waals surface area contributed by atoms with Crippen molar-refractivity contribution in [3.63, 3.8) is 0 Å². The largest absolute Gasteiger partial charge is 0.365 e. The second-order valence-electron chi connectivity index (χ2n) is 5.45. The van der Waals surface area contributed by atoms with Crippen LogP contribution in [0.15, 0.2) is 12.4 Å². The lowest BCUT2D eigenvalue weighted by Crippen LogP contribution is -2.44.